The third-order valence-electron chi connectivity index (χ3n) is 5.51. The molecule has 0 aliphatic carbocycles. The summed E-state index contributed by atoms with van der Waals surface area (Å²) in [5.74, 6) is 0. The van der Waals surface area contributed by atoms with E-state index in [0.29, 0.717) is 0 Å². The van der Waals surface area contributed by atoms with Crippen LogP contribution in [0.5, 0.6) is 0 Å². The summed E-state index contributed by atoms with van der Waals surface area (Å²) in [4.78, 5) is 9.09. The van der Waals surface area contributed by atoms with Crippen molar-refractivity contribution in [2.75, 3.05) is 0 Å². The van der Waals surface area contributed by atoms with Crippen molar-refractivity contribution in [2.45, 2.75) is 78.6 Å². The molecule has 0 aliphatic rings. The maximum atomic E-state index is 4.59. The molecule has 0 atom stereocenters. The highest BCUT2D eigenvalue weighted by Gasteiger charge is 2.33. The van der Waals surface area contributed by atoms with Crippen LogP contribution in [0.25, 0.3) is 22.5 Å². The summed E-state index contributed by atoms with van der Waals surface area (Å²) in [7, 11) is 0. The molecule has 2 aromatic heterocycles. The van der Waals surface area contributed by atoms with Crippen molar-refractivity contribution in [2.24, 2.45) is 0 Å². The monoisotopic (exact) mass is 400 g/mol. The number of benzene rings is 1. The Hall–Kier alpha value is -2.48. The minimum Gasteiger partial charge on any atom is -0.255 e. The van der Waals surface area contributed by atoms with Gasteiger partial charge in [0.1, 0.15) is 0 Å². The van der Waals surface area contributed by atoms with E-state index in [-0.39, 0.29) is 16.2 Å². The smallest absolute Gasteiger partial charge is 0.0892 e. The molecule has 0 saturated heterocycles. The van der Waals surface area contributed by atoms with Crippen molar-refractivity contribution < 1.29 is 0 Å². The second-order valence-electron chi connectivity index (χ2n) is 11.3. The van der Waals surface area contributed by atoms with Crippen molar-refractivity contribution >= 4 is 0 Å². The highest BCUT2D eigenvalue weighted by Crippen LogP contribution is 2.45. The summed E-state index contributed by atoms with van der Waals surface area (Å²) in [6.45, 7) is 20.9. The summed E-state index contributed by atoms with van der Waals surface area (Å²) >= 11 is 0. The molecule has 0 saturated carbocycles. The van der Waals surface area contributed by atoms with Gasteiger partial charge in [-0.05, 0) is 68.3 Å². The second-order valence-corrected chi connectivity index (χ2v) is 11.3. The van der Waals surface area contributed by atoms with Crippen molar-refractivity contribution in [3.8, 4) is 22.5 Å². The Labute approximate surface area is 182 Å². The zero-order valence-electron chi connectivity index (χ0n) is 20.1. The maximum Gasteiger partial charge on any atom is 0.0892 e. The Balaban J connectivity index is 2.34. The lowest BCUT2D eigenvalue weighted by Crippen LogP contribution is -2.28. The van der Waals surface area contributed by atoms with E-state index in [4.69, 9.17) is 0 Å². The first-order chi connectivity index (χ1) is 13.8. The van der Waals surface area contributed by atoms with Crippen molar-refractivity contribution in [3.63, 3.8) is 0 Å². The molecule has 0 bridgehead atoms. The SMILES string of the molecule is CC(C)(C)c1ccc(-c2ccnc(-c3ccccn3)c2)c(C(C)(C)C)c1C(C)(C)C. The molecule has 2 nitrogen and oxygen atoms in total. The lowest BCUT2D eigenvalue weighted by molar-refractivity contribution is 0.499. The standard InChI is InChI=1S/C28H36N2/c1-26(2,3)21-14-13-20(24(27(4,5)6)25(21)28(7,8)9)19-15-17-30-23(18-19)22-12-10-11-16-29-22/h10-18H,1-9H3. The Bertz CT molecular complexity index is 1030. The topological polar surface area (TPSA) is 25.8 Å². The number of hydrogen-bond acceptors (Lipinski definition) is 2. The van der Waals surface area contributed by atoms with Crippen LogP contribution in [-0.2, 0) is 16.2 Å². The Morgan fingerprint density at radius 3 is 1.73 bits per heavy atom. The first-order valence-electron chi connectivity index (χ1n) is 10.9. The predicted octanol–water partition coefficient (Wildman–Crippen LogP) is 7.70. The molecule has 1 aromatic carbocycles. The summed E-state index contributed by atoms with van der Waals surface area (Å²) in [5.41, 5.74) is 8.76. The molecule has 2 heteroatoms. The first-order valence-corrected chi connectivity index (χ1v) is 10.9. The third kappa shape index (κ3) is 4.48. The number of pyridine rings is 2. The highest BCUT2D eigenvalue weighted by atomic mass is 14.8. The fourth-order valence-corrected chi connectivity index (χ4v) is 4.28. The van der Waals surface area contributed by atoms with E-state index in [1.165, 1.54) is 27.8 Å². The van der Waals surface area contributed by atoms with Crippen molar-refractivity contribution in [1.29, 1.82) is 0 Å². The fraction of sp³-hybridized carbons (Fsp3) is 0.429. The van der Waals surface area contributed by atoms with E-state index < -0.39 is 0 Å². The lowest BCUT2D eigenvalue weighted by atomic mass is 9.67. The van der Waals surface area contributed by atoms with E-state index in [2.05, 4.69) is 96.5 Å². The molecule has 158 valence electrons. The van der Waals surface area contributed by atoms with Crippen LogP contribution >= 0.6 is 0 Å². The predicted molar refractivity (Wildman–Crippen MR) is 129 cm³/mol. The molecule has 0 aliphatic heterocycles. The van der Waals surface area contributed by atoms with Crippen LogP contribution in [0.4, 0.5) is 0 Å². The molecule has 0 spiro atoms. The molecule has 3 rings (SSSR count). The lowest BCUT2D eigenvalue weighted by Gasteiger charge is -2.38. The average Bonchev–Trinajstić information content (AvgIpc) is 2.65. The van der Waals surface area contributed by atoms with E-state index >= 15 is 0 Å². The van der Waals surface area contributed by atoms with Crippen LogP contribution in [0.15, 0.2) is 54.9 Å². The van der Waals surface area contributed by atoms with Crippen LogP contribution < -0.4 is 0 Å². The van der Waals surface area contributed by atoms with Gasteiger partial charge in [-0.15, -0.1) is 0 Å². The molecule has 3 aromatic rings. The summed E-state index contributed by atoms with van der Waals surface area (Å²) in [6.07, 6.45) is 3.72. The van der Waals surface area contributed by atoms with Gasteiger partial charge < -0.3 is 0 Å². The van der Waals surface area contributed by atoms with Gasteiger partial charge in [0.2, 0.25) is 0 Å². The first kappa shape index (κ1) is 22.2. The van der Waals surface area contributed by atoms with E-state index in [1.54, 1.807) is 0 Å². The number of hydrogen-bond donors (Lipinski definition) is 0. The summed E-state index contributed by atoms with van der Waals surface area (Å²) in [6, 6.07) is 14.9. The highest BCUT2D eigenvalue weighted by molar-refractivity contribution is 5.75. The average molecular weight is 401 g/mol. The Morgan fingerprint density at radius 2 is 1.20 bits per heavy atom. The van der Waals surface area contributed by atoms with Gasteiger partial charge in [0.15, 0.2) is 0 Å². The number of nitrogens with zero attached hydrogens (tertiary/aromatic N) is 2. The summed E-state index contributed by atoms with van der Waals surface area (Å²) in [5, 5.41) is 0. The van der Waals surface area contributed by atoms with Crippen molar-refractivity contribution in [3.05, 3.63) is 71.5 Å². The molecule has 2 heterocycles. The van der Waals surface area contributed by atoms with Crippen LogP contribution in [0, 0.1) is 0 Å². The molecule has 0 N–H and O–H groups in total. The molecular weight excluding hydrogens is 364 g/mol. The molecular formula is C28H36N2. The van der Waals surface area contributed by atoms with Gasteiger partial charge >= 0.3 is 0 Å². The van der Waals surface area contributed by atoms with E-state index in [1.807, 2.05) is 30.6 Å². The van der Waals surface area contributed by atoms with Crippen LogP contribution in [-0.4, -0.2) is 9.97 Å². The summed E-state index contributed by atoms with van der Waals surface area (Å²) < 4.78 is 0. The van der Waals surface area contributed by atoms with Crippen LogP contribution in [0.3, 0.4) is 0 Å². The van der Waals surface area contributed by atoms with Gasteiger partial charge in [-0.2, -0.15) is 0 Å². The number of aromatic nitrogens is 2. The largest absolute Gasteiger partial charge is 0.255 e. The molecule has 0 fully saturated rings. The van der Waals surface area contributed by atoms with Crippen molar-refractivity contribution in [1.82, 2.24) is 9.97 Å². The van der Waals surface area contributed by atoms with Gasteiger partial charge in [0.05, 0.1) is 11.4 Å². The van der Waals surface area contributed by atoms with E-state index in [9.17, 15) is 0 Å². The maximum absolute atomic E-state index is 4.59. The normalized spacial score (nSPS) is 12.8. The van der Waals surface area contributed by atoms with Gasteiger partial charge in [0.25, 0.3) is 0 Å². The molecule has 0 amide bonds. The molecule has 0 radical (unpaired) electrons. The minimum absolute atomic E-state index is 0.00758. The number of rotatable bonds is 2. The van der Waals surface area contributed by atoms with Gasteiger partial charge in [0, 0.05) is 12.4 Å². The Kier molecular flexibility index (Phi) is 5.66. The molecule has 30 heavy (non-hydrogen) atoms. The quantitative estimate of drug-likeness (QED) is 0.440. The van der Waals surface area contributed by atoms with E-state index in [0.717, 1.165) is 11.4 Å². The fourth-order valence-electron chi connectivity index (χ4n) is 4.28. The van der Waals surface area contributed by atoms with Gasteiger partial charge in [-0.25, -0.2) is 0 Å². The second kappa shape index (κ2) is 7.65. The minimum atomic E-state index is 0.00758. The Morgan fingerprint density at radius 1 is 0.567 bits per heavy atom. The van der Waals surface area contributed by atoms with Gasteiger partial charge in [-0.3, -0.25) is 9.97 Å². The van der Waals surface area contributed by atoms with Gasteiger partial charge in [-0.1, -0.05) is 80.5 Å². The van der Waals surface area contributed by atoms with Crippen LogP contribution in [0.1, 0.15) is 79.0 Å². The zero-order valence-corrected chi connectivity index (χ0v) is 20.1. The van der Waals surface area contributed by atoms with Crippen LogP contribution in [0.2, 0.25) is 0 Å². The third-order valence-corrected chi connectivity index (χ3v) is 5.51. The molecule has 0 unspecified atom stereocenters. The zero-order chi connectivity index (χ0) is 22.3.